The quantitative estimate of drug-likeness (QED) is 0.320. The number of nitrogens with zero attached hydrogens (tertiary/aromatic N) is 1. The molecule has 0 saturated carbocycles. The highest BCUT2D eigenvalue weighted by atomic mass is 35.5. The molecular formula is C14H7ClF6N2O2. The minimum Gasteiger partial charge on any atom is -0.393 e. The van der Waals surface area contributed by atoms with Gasteiger partial charge in [-0.1, -0.05) is 17.7 Å². The van der Waals surface area contributed by atoms with Gasteiger partial charge in [0.15, 0.2) is 0 Å². The minimum absolute atomic E-state index is 0.334. The van der Waals surface area contributed by atoms with E-state index in [4.69, 9.17) is 17.3 Å². The Kier molecular flexibility index (Phi) is 4.60. The fourth-order valence-electron chi connectivity index (χ4n) is 2.28. The highest BCUT2D eigenvalue weighted by molar-refractivity contribution is 6.30. The maximum Gasteiger partial charge on any atom is 0.419 e. The first-order valence-corrected chi connectivity index (χ1v) is 6.73. The van der Waals surface area contributed by atoms with E-state index >= 15 is 0 Å². The van der Waals surface area contributed by atoms with E-state index in [1.54, 1.807) is 0 Å². The summed E-state index contributed by atoms with van der Waals surface area (Å²) in [5.74, 6) is 0. The van der Waals surface area contributed by atoms with Gasteiger partial charge in [-0.3, -0.25) is 10.1 Å². The van der Waals surface area contributed by atoms with Gasteiger partial charge in [0, 0.05) is 11.1 Å². The lowest BCUT2D eigenvalue weighted by atomic mass is 9.93. The van der Waals surface area contributed by atoms with Crippen LogP contribution in [0.2, 0.25) is 5.02 Å². The average molecular weight is 385 g/mol. The number of nitro benzene ring substituents is 1. The number of hydrogen-bond donors (Lipinski definition) is 1. The van der Waals surface area contributed by atoms with Crippen molar-refractivity contribution in [2.24, 2.45) is 0 Å². The monoisotopic (exact) mass is 384 g/mol. The van der Waals surface area contributed by atoms with E-state index in [-0.39, 0.29) is 5.02 Å². The first-order chi connectivity index (χ1) is 11.3. The number of nitro groups is 1. The van der Waals surface area contributed by atoms with Crippen LogP contribution in [0.4, 0.5) is 37.7 Å². The standard InChI is InChI=1S/C14H7ClF6N2O2/c15-6-1-2-7(9(5-6)13(16,17)18)8-3-4-10(23(24)25)12(22)11(8)14(19,20)21/h1-5H,22H2. The predicted octanol–water partition coefficient (Wildman–Crippen LogP) is 5.54. The molecule has 0 aromatic heterocycles. The second kappa shape index (κ2) is 6.10. The Bertz CT molecular complexity index is 848. The zero-order valence-corrected chi connectivity index (χ0v) is 12.6. The van der Waals surface area contributed by atoms with Crippen LogP contribution in [0.3, 0.4) is 0 Å². The predicted molar refractivity (Wildman–Crippen MR) is 78.0 cm³/mol. The Morgan fingerprint density at radius 1 is 0.960 bits per heavy atom. The van der Waals surface area contributed by atoms with Crippen molar-refractivity contribution in [3.05, 3.63) is 56.6 Å². The summed E-state index contributed by atoms with van der Waals surface area (Å²) >= 11 is 5.50. The molecule has 0 aliphatic rings. The molecule has 25 heavy (non-hydrogen) atoms. The fraction of sp³-hybridized carbons (Fsp3) is 0.143. The van der Waals surface area contributed by atoms with E-state index in [9.17, 15) is 36.5 Å². The van der Waals surface area contributed by atoms with Gasteiger partial charge in [-0.2, -0.15) is 26.3 Å². The number of anilines is 1. The van der Waals surface area contributed by atoms with Crippen LogP contribution in [0.15, 0.2) is 30.3 Å². The molecule has 134 valence electrons. The van der Waals surface area contributed by atoms with Gasteiger partial charge >= 0.3 is 12.4 Å². The summed E-state index contributed by atoms with van der Waals surface area (Å²) in [6, 6.07) is 3.39. The van der Waals surface area contributed by atoms with Crippen LogP contribution in [0.5, 0.6) is 0 Å². The van der Waals surface area contributed by atoms with Crippen LogP contribution in [0.25, 0.3) is 11.1 Å². The van der Waals surface area contributed by atoms with Gasteiger partial charge in [-0.25, -0.2) is 0 Å². The van der Waals surface area contributed by atoms with Gasteiger partial charge in [0.05, 0.1) is 16.1 Å². The molecular weight excluding hydrogens is 378 g/mol. The summed E-state index contributed by atoms with van der Waals surface area (Å²) in [5.41, 5.74) is -2.00. The topological polar surface area (TPSA) is 69.2 Å². The Hall–Kier alpha value is -2.49. The molecule has 2 N–H and O–H groups in total. The normalized spacial score (nSPS) is 12.3. The third kappa shape index (κ3) is 3.63. The van der Waals surface area contributed by atoms with Crippen LogP contribution >= 0.6 is 11.6 Å². The molecule has 11 heteroatoms. The Balaban J connectivity index is 2.90. The van der Waals surface area contributed by atoms with Crippen LogP contribution in [0, 0.1) is 10.1 Å². The fourth-order valence-corrected chi connectivity index (χ4v) is 2.46. The van der Waals surface area contributed by atoms with Crippen molar-refractivity contribution >= 4 is 23.0 Å². The van der Waals surface area contributed by atoms with Crippen molar-refractivity contribution in [1.82, 2.24) is 0 Å². The molecule has 2 rings (SSSR count). The van der Waals surface area contributed by atoms with Crippen molar-refractivity contribution in [2.75, 3.05) is 5.73 Å². The molecule has 0 aliphatic carbocycles. The van der Waals surface area contributed by atoms with Crippen molar-refractivity contribution in [3.8, 4) is 11.1 Å². The molecule has 0 heterocycles. The molecule has 0 amide bonds. The number of benzene rings is 2. The van der Waals surface area contributed by atoms with Gasteiger partial charge in [0.1, 0.15) is 5.69 Å². The molecule has 2 aromatic rings. The highest BCUT2D eigenvalue weighted by Crippen LogP contribution is 2.47. The second-order valence-electron chi connectivity index (χ2n) is 4.86. The maximum absolute atomic E-state index is 13.3. The molecule has 4 nitrogen and oxygen atoms in total. The minimum atomic E-state index is -5.21. The van der Waals surface area contributed by atoms with Crippen LogP contribution < -0.4 is 5.73 Å². The van der Waals surface area contributed by atoms with Crippen LogP contribution in [-0.4, -0.2) is 4.92 Å². The zero-order valence-electron chi connectivity index (χ0n) is 11.9. The van der Waals surface area contributed by atoms with Gasteiger partial charge in [-0.05, 0) is 29.3 Å². The second-order valence-corrected chi connectivity index (χ2v) is 5.30. The van der Waals surface area contributed by atoms with Gasteiger partial charge in [-0.15, -0.1) is 0 Å². The first kappa shape index (κ1) is 18.8. The van der Waals surface area contributed by atoms with E-state index in [1.807, 2.05) is 0 Å². The van der Waals surface area contributed by atoms with Crippen molar-refractivity contribution in [1.29, 1.82) is 0 Å². The summed E-state index contributed by atoms with van der Waals surface area (Å²) in [6.45, 7) is 0. The third-order valence-electron chi connectivity index (χ3n) is 3.28. The van der Waals surface area contributed by atoms with E-state index in [1.165, 1.54) is 0 Å². The summed E-state index contributed by atoms with van der Waals surface area (Å²) in [7, 11) is 0. The molecule has 0 atom stereocenters. The average Bonchev–Trinajstić information content (AvgIpc) is 2.44. The number of rotatable bonds is 2. The number of nitrogens with two attached hydrogens (primary N) is 1. The Labute approximate surface area is 141 Å². The van der Waals surface area contributed by atoms with Crippen LogP contribution in [0.1, 0.15) is 11.1 Å². The van der Waals surface area contributed by atoms with E-state index in [0.29, 0.717) is 18.2 Å². The molecule has 0 bridgehead atoms. The lowest BCUT2D eigenvalue weighted by Crippen LogP contribution is -2.14. The van der Waals surface area contributed by atoms with E-state index in [2.05, 4.69) is 0 Å². The molecule has 0 saturated heterocycles. The first-order valence-electron chi connectivity index (χ1n) is 6.35. The van der Waals surface area contributed by atoms with E-state index < -0.39 is 50.9 Å². The molecule has 2 aromatic carbocycles. The zero-order chi connectivity index (χ0) is 19.2. The Morgan fingerprint density at radius 3 is 2.00 bits per heavy atom. The summed E-state index contributed by atoms with van der Waals surface area (Å²) in [6.07, 6.45) is -10.2. The molecule has 0 spiro atoms. The van der Waals surface area contributed by atoms with Crippen molar-refractivity contribution < 1.29 is 31.3 Å². The largest absolute Gasteiger partial charge is 0.419 e. The van der Waals surface area contributed by atoms with E-state index in [0.717, 1.165) is 12.1 Å². The molecule has 0 radical (unpaired) electrons. The molecule has 0 unspecified atom stereocenters. The SMILES string of the molecule is Nc1c([N+](=O)[O-])ccc(-c2ccc(Cl)cc2C(F)(F)F)c1C(F)(F)F. The van der Waals surface area contributed by atoms with Crippen molar-refractivity contribution in [2.45, 2.75) is 12.4 Å². The highest BCUT2D eigenvalue weighted by Gasteiger charge is 2.41. The van der Waals surface area contributed by atoms with Crippen LogP contribution in [-0.2, 0) is 12.4 Å². The lowest BCUT2D eigenvalue weighted by Gasteiger charge is -2.19. The third-order valence-corrected chi connectivity index (χ3v) is 3.51. The van der Waals surface area contributed by atoms with Gasteiger partial charge < -0.3 is 5.73 Å². The molecule has 0 aliphatic heterocycles. The summed E-state index contributed by atoms with van der Waals surface area (Å²) < 4.78 is 79.5. The Morgan fingerprint density at radius 2 is 1.52 bits per heavy atom. The molecule has 0 fully saturated rings. The number of nitrogen functional groups attached to an aromatic ring is 1. The van der Waals surface area contributed by atoms with Crippen molar-refractivity contribution in [3.63, 3.8) is 0 Å². The maximum atomic E-state index is 13.3. The van der Waals surface area contributed by atoms with Gasteiger partial charge in [0.2, 0.25) is 0 Å². The smallest absolute Gasteiger partial charge is 0.393 e. The number of halogens is 7. The number of hydrogen-bond acceptors (Lipinski definition) is 3. The number of alkyl halides is 6. The lowest BCUT2D eigenvalue weighted by molar-refractivity contribution is -0.384. The van der Waals surface area contributed by atoms with Gasteiger partial charge in [0.25, 0.3) is 5.69 Å². The summed E-state index contributed by atoms with van der Waals surface area (Å²) in [5, 5.41) is 10.4. The summed E-state index contributed by atoms with van der Waals surface area (Å²) in [4.78, 5) is 9.63.